The maximum absolute atomic E-state index is 13.7. The lowest BCUT2D eigenvalue weighted by atomic mass is 9.96. The maximum atomic E-state index is 13.7. The van der Waals surface area contributed by atoms with E-state index in [0.29, 0.717) is 24.3 Å². The number of ether oxygens (including phenoxy) is 2. The van der Waals surface area contributed by atoms with E-state index in [2.05, 4.69) is 0 Å². The van der Waals surface area contributed by atoms with E-state index >= 15 is 0 Å². The van der Waals surface area contributed by atoms with Gasteiger partial charge in [0.25, 0.3) is 0 Å². The SMILES string of the molecule is C[C@]1(Cc2ccccc2F)COc2ccccc2O1. The summed E-state index contributed by atoms with van der Waals surface area (Å²) in [4.78, 5) is 0. The van der Waals surface area contributed by atoms with Crippen LogP contribution in [-0.2, 0) is 6.42 Å². The number of fused-ring (bicyclic) bond motifs is 1. The third-order valence-electron chi connectivity index (χ3n) is 3.26. The van der Waals surface area contributed by atoms with E-state index in [1.54, 1.807) is 12.1 Å². The highest BCUT2D eigenvalue weighted by Crippen LogP contribution is 2.36. The molecule has 3 heteroatoms. The number of hydrogen-bond acceptors (Lipinski definition) is 2. The Balaban J connectivity index is 1.84. The van der Waals surface area contributed by atoms with Crippen molar-refractivity contribution in [3.63, 3.8) is 0 Å². The van der Waals surface area contributed by atoms with Crippen LogP contribution < -0.4 is 9.47 Å². The molecule has 0 aromatic heterocycles. The number of halogens is 1. The van der Waals surface area contributed by atoms with E-state index < -0.39 is 5.60 Å². The minimum atomic E-state index is -0.545. The van der Waals surface area contributed by atoms with Crippen LogP contribution in [0, 0.1) is 5.82 Å². The van der Waals surface area contributed by atoms with Gasteiger partial charge in [-0.1, -0.05) is 30.3 Å². The first-order valence-corrected chi connectivity index (χ1v) is 6.31. The number of hydrogen-bond donors (Lipinski definition) is 0. The second-order valence-electron chi connectivity index (χ2n) is 5.06. The lowest BCUT2D eigenvalue weighted by Gasteiger charge is -2.35. The summed E-state index contributed by atoms with van der Waals surface area (Å²) < 4.78 is 25.4. The number of rotatable bonds is 2. The summed E-state index contributed by atoms with van der Waals surface area (Å²) >= 11 is 0. The third-order valence-corrected chi connectivity index (χ3v) is 3.26. The van der Waals surface area contributed by atoms with Crippen molar-refractivity contribution in [3.05, 3.63) is 59.9 Å². The largest absolute Gasteiger partial charge is 0.486 e. The van der Waals surface area contributed by atoms with Crippen molar-refractivity contribution in [2.75, 3.05) is 6.61 Å². The average molecular weight is 258 g/mol. The summed E-state index contributed by atoms with van der Waals surface area (Å²) in [6.07, 6.45) is 0.480. The molecule has 0 saturated carbocycles. The lowest BCUT2D eigenvalue weighted by Crippen LogP contribution is -2.44. The fraction of sp³-hybridized carbons (Fsp3) is 0.250. The van der Waals surface area contributed by atoms with Crippen molar-refractivity contribution < 1.29 is 13.9 Å². The summed E-state index contributed by atoms with van der Waals surface area (Å²) in [5, 5.41) is 0. The van der Waals surface area contributed by atoms with Gasteiger partial charge >= 0.3 is 0 Å². The second kappa shape index (κ2) is 4.57. The highest BCUT2D eigenvalue weighted by atomic mass is 19.1. The molecule has 1 aliphatic rings. The van der Waals surface area contributed by atoms with Crippen LogP contribution in [0.1, 0.15) is 12.5 Å². The second-order valence-corrected chi connectivity index (χ2v) is 5.06. The zero-order valence-corrected chi connectivity index (χ0v) is 10.7. The fourth-order valence-electron chi connectivity index (χ4n) is 2.31. The van der Waals surface area contributed by atoms with Crippen molar-refractivity contribution >= 4 is 0 Å². The van der Waals surface area contributed by atoms with Gasteiger partial charge in [0.1, 0.15) is 18.0 Å². The Hall–Kier alpha value is -2.03. The topological polar surface area (TPSA) is 18.5 Å². The number of para-hydroxylation sites is 2. The van der Waals surface area contributed by atoms with Gasteiger partial charge in [0, 0.05) is 6.42 Å². The first-order chi connectivity index (χ1) is 9.16. The number of benzene rings is 2. The van der Waals surface area contributed by atoms with E-state index in [1.165, 1.54) is 6.07 Å². The predicted molar refractivity (Wildman–Crippen MR) is 71.1 cm³/mol. The van der Waals surface area contributed by atoms with Crippen molar-refractivity contribution in [2.45, 2.75) is 18.9 Å². The standard InChI is InChI=1S/C16H15FO2/c1-16(10-12-6-2-3-7-13(12)17)11-18-14-8-4-5-9-15(14)19-16/h2-9H,10-11H2,1H3/t16-/m0/s1. The first kappa shape index (κ1) is 12.0. The summed E-state index contributed by atoms with van der Waals surface area (Å²) in [5.74, 6) is 1.26. The van der Waals surface area contributed by atoms with Gasteiger partial charge in [0.15, 0.2) is 11.5 Å². The van der Waals surface area contributed by atoms with E-state index in [1.807, 2.05) is 37.3 Å². The van der Waals surface area contributed by atoms with E-state index in [-0.39, 0.29) is 5.82 Å². The van der Waals surface area contributed by atoms with Gasteiger partial charge in [-0.3, -0.25) is 0 Å². The van der Waals surface area contributed by atoms with Crippen LogP contribution in [0.3, 0.4) is 0 Å². The maximum Gasteiger partial charge on any atom is 0.162 e. The highest BCUT2D eigenvalue weighted by molar-refractivity contribution is 5.41. The van der Waals surface area contributed by atoms with Crippen LogP contribution in [0.2, 0.25) is 0 Å². The van der Waals surface area contributed by atoms with Gasteiger partial charge in [-0.05, 0) is 30.7 Å². The molecule has 1 aliphatic heterocycles. The third kappa shape index (κ3) is 2.41. The molecule has 2 aromatic carbocycles. The molecule has 98 valence electrons. The Bertz CT molecular complexity index is 597. The molecule has 0 amide bonds. The van der Waals surface area contributed by atoms with E-state index in [4.69, 9.17) is 9.47 Å². The molecular weight excluding hydrogens is 243 g/mol. The predicted octanol–water partition coefficient (Wildman–Crippen LogP) is 3.60. The van der Waals surface area contributed by atoms with Crippen molar-refractivity contribution in [1.82, 2.24) is 0 Å². The molecule has 0 spiro atoms. The Morgan fingerprint density at radius 2 is 1.74 bits per heavy atom. The molecule has 0 radical (unpaired) electrons. The Labute approximate surface area is 111 Å². The fourth-order valence-corrected chi connectivity index (χ4v) is 2.31. The molecule has 0 saturated heterocycles. The molecule has 3 rings (SSSR count). The van der Waals surface area contributed by atoms with Gasteiger partial charge in [-0.15, -0.1) is 0 Å². The lowest BCUT2D eigenvalue weighted by molar-refractivity contribution is 0.00601. The van der Waals surface area contributed by atoms with Crippen LogP contribution in [0.5, 0.6) is 11.5 Å². The zero-order chi connectivity index (χ0) is 13.3. The van der Waals surface area contributed by atoms with Crippen LogP contribution in [0.15, 0.2) is 48.5 Å². The van der Waals surface area contributed by atoms with Crippen molar-refractivity contribution in [3.8, 4) is 11.5 Å². The van der Waals surface area contributed by atoms with Gasteiger partial charge in [-0.25, -0.2) is 4.39 Å². The first-order valence-electron chi connectivity index (χ1n) is 6.31. The molecule has 0 N–H and O–H groups in total. The smallest absolute Gasteiger partial charge is 0.162 e. The van der Waals surface area contributed by atoms with Crippen LogP contribution >= 0.6 is 0 Å². The van der Waals surface area contributed by atoms with Crippen LogP contribution in [0.4, 0.5) is 4.39 Å². The minimum absolute atomic E-state index is 0.203. The molecule has 2 nitrogen and oxygen atoms in total. The summed E-state index contributed by atoms with van der Waals surface area (Å²) in [6, 6.07) is 14.3. The van der Waals surface area contributed by atoms with Gasteiger partial charge < -0.3 is 9.47 Å². The van der Waals surface area contributed by atoms with Crippen LogP contribution in [-0.4, -0.2) is 12.2 Å². The molecular formula is C16H15FO2. The van der Waals surface area contributed by atoms with Crippen LogP contribution in [0.25, 0.3) is 0 Å². The molecule has 2 aromatic rings. The minimum Gasteiger partial charge on any atom is -0.486 e. The normalized spacial score (nSPS) is 21.2. The van der Waals surface area contributed by atoms with Crippen molar-refractivity contribution in [2.24, 2.45) is 0 Å². The van der Waals surface area contributed by atoms with E-state index in [0.717, 1.165) is 5.75 Å². The van der Waals surface area contributed by atoms with Crippen molar-refractivity contribution in [1.29, 1.82) is 0 Å². The molecule has 0 unspecified atom stereocenters. The molecule has 0 fully saturated rings. The molecule has 1 atom stereocenters. The monoisotopic (exact) mass is 258 g/mol. The Morgan fingerprint density at radius 3 is 2.53 bits per heavy atom. The van der Waals surface area contributed by atoms with Gasteiger partial charge in [0.2, 0.25) is 0 Å². The molecule has 1 heterocycles. The van der Waals surface area contributed by atoms with Gasteiger partial charge in [0.05, 0.1) is 0 Å². The van der Waals surface area contributed by atoms with Gasteiger partial charge in [-0.2, -0.15) is 0 Å². The molecule has 19 heavy (non-hydrogen) atoms. The highest BCUT2D eigenvalue weighted by Gasteiger charge is 2.33. The summed E-state index contributed by atoms with van der Waals surface area (Å²) in [6.45, 7) is 2.35. The van der Waals surface area contributed by atoms with E-state index in [9.17, 15) is 4.39 Å². The summed E-state index contributed by atoms with van der Waals surface area (Å²) in [7, 11) is 0. The summed E-state index contributed by atoms with van der Waals surface area (Å²) in [5.41, 5.74) is 0.101. The average Bonchev–Trinajstić information content (AvgIpc) is 2.41. The Kier molecular flexibility index (Phi) is 2.90. The molecule has 0 aliphatic carbocycles. The quantitative estimate of drug-likeness (QED) is 0.819. The molecule has 0 bridgehead atoms. The zero-order valence-electron chi connectivity index (χ0n) is 10.7. The Morgan fingerprint density at radius 1 is 1.05 bits per heavy atom.